The normalized spacial score (nSPS) is 24.6. The highest BCUT2D eigenvalue weighted by Gasteiger charge is 2.30. The number of nitrogens with zero attached hydrogens (tertiary/aromatic N) is 1. The molecule has 0 bridgehead atoms. The molecule has 0 aliphatic carbocycles. The fraction of sp³-hybridized carbons (Fsp3) is 0.909. The van der Waals surface area contributed by atoms with Crippen molar-refractivity contribution in [3.8, 4) is 0 Å². The van der Waals surface area contributed by atoms with E-state index in [4.69, 9.17) is 0 Å². The number of hydrogen-bond donors (Lipinski definition) is 1. The summed E-state index contributed by atoms with van der Waals surface area (Å²) in [6, 6.07) is 0.542. The van der Waals surface area contributed by atoms with Crippen molar-refractivity contribution in [2.75, 3.05) is 6.54 Å². The second-order valence-electron chi connectivity index (χ2n) is 5.07. The van der Waals surface area contributed by atoms with E-state index >= 15 is 0 Å². The van der Waals surface area contributed by atoms with Crippen LogP contribution >= 0.6 is 11.8 Å². The van der Waals surface area contributed by atoms with Crippen molar-refractivity contribution >= 4 is 16.9 Å². The van der Waals surface area contributed by atoms with Crippen LogP contribution in [0.25, 0.3) is 0 Å². The van der Waals surface area contributed by atoms with Gasteiger partial charge in [-0.3, -0.25) is 4.99 Å². The minimum Gasteiger partial charge on any atom is -0.362 e. The first-order valence-corrected chi connectivity index (χ1v) is 6.29. The lowest BCUT2D eigenvalue weighted by molar-refractivity contribution is 0.402. The summed E-state index contributed by atoms with van der Waals surface area (Å²) in [6.07, 6.45) is 1.15. The second kappa shape index (κ2) is 4.56. The van der Waals surface area contributed by atoms with Gasteiger partial charge in [-0.15, -0.1) is 0 Å². The highest BCUT2D eigenvalue weighted by atomic mass is 32.2. The highest BCUT2D eigenvalue weighted by Crippen LogP contribution is 2.34. The zero-order valence-corrected chi connectivity index (χ0v) is 10.7. The number of amidine groups is 1. The number of aliphatic imine (C=N–C) groups is 1. The van der Waals surface area contributed by atoms with E-state index in [1.807, 2.05) is 11.8 Å². The molecule has 3 heteroatoms. The third-order valence-corrected chi connectivity index (χ3v) is 4.21. The fourth-order valence-electron chi connectivity index (χ4n) is 1.22. The van der Waals surface area contributed by atoms with Crippen LogP contribution in [0.15, 0.2) is 4.99 Å². The average molecular weight is 214 g/mol. The smallest absolute Gasteiger partial charge is 0.157 e. The lowest BCUT2D eigenvalue weighted by atomic mass is 9.92. The maximum absolute atomic E-state index is 4.54. The van der Waals surface area contributed by atoms with Gasteiger partial charge in [0.05, 0.1) is 6.54 Å². The summed E-state index contributed by atoms with van der Waals surface area (Å²) >= 11 is 1.90. The van der Waals surface area contributed by atoms with Crippen LogP contribution in [0.1, 0.15) is 41.0 Å². The Bertz CT molecular complexity index is 218. The first kappa shape index (κ1) is 11.9. The Kier molecular flexibility index (Phi) is 3.87. The first-order valence-electron chi connectivity index (χ1n) is 5.41. The van der Waals surface area contributed by atoms with Crippen molar-refractivity contribution in [1.29, 1.82) is 0 Å². The van der Waals surface area contributed by atoms with Gasteiger partial charge in [0.1, 0.15) is 0 Å². The SMILES string of the molecule is CCC(C)NC1=NCC(C(C)(C)C)S1. The minimum absolute atomic E-state index is 0.354. The van der Waals surface area contributed by atoms with Crippen LogP contribution in [0.4, 0.5) is 0 Å². The maximum atomic E-state index is 4.54. The van der Waals surface area contributed by atoms with Crippen molar-refractivity contribution in [1.82, 2.24) is 5.32 Å². The molecule has 14 heavy (non-hydrogen) atoms. The van der Waals surface area contributed by atoms with Crippen LogP contribution in [-0.4, -0.2) is 23.0 Å². The molecular weight excluding hydrogens is 192 g/mol. The lowest BCUT2D eigenvalue weighted by Gasteiger charge is -2.25. The molecule has 0 amide bonds. The average Bonchev–Trinajstić information content (AvgIpc) is 2.51. The molecule has 0 aromatic heterocycles. The van der Waals surface area contributed by atoms with Crippen molar-refractivity contribution in [2.24, 2.45) is 10.4 Å². The molecule has 1 rings (SSSR count). The second-order valence-corrected chi connectivity index (χ2v) is 6.26. The van der Waals surface area contributed by atoms with Gasteiger partial charge in [-0.2, -0.15) is 0 Å². The zero-order valence-electron chi connectivity index (χ0n) is 9.92. The predicted molar refractivity (Wildman–Crippen MR) is 66.0 cm³/mol. The Hall–Kier alpha value is -0.180. The molecule has 0 aromatic rings. The van der Waals surface area contributed by atoms with Gasteiger partial charge in [-0.1, -0.05) is 39.5 Å². The molecule has 1 N–H and O–H groups in total. The van der Waals surface area contributed by atoms with E-state index in [9.17, 15) is 0 Å². The monoisotopic (exact) mass is 214 g/mol. The fourth-order valence-corrected chi connectivity index (χ4v) is 2.41. The topological polar surface area (TPSA) is 24.4 Å². The molecule has 0 saturated carbocycles. The predicted octanol–water partition coefficient (Wildman–Crippen LogP) is 2.89. The lowest BCUT2D eigenvalue weighted by Crippen LogP contribution is -2.30. The van der Waals surface area contributed by atoms with Gasteiger partial charge in [0.25, 0.3) is 0 Å². The third-order valence-electron chi connectivity index (χ3n) is 2.60. The molecular formula is C11H22N2S. The Morgan fingerprint density at radius 2 is 2.21 bits per heavy atom. The summed E-state index contributed by atoms with van der Waals surface area (Å²) in [7, 11) is 0. The summed E-state index contributed by atoms with van der Waals surface area (Å²) in [5.41, 5.74) is 0.354. The van der Waals surface area contributed by atoms with E-state index in [0.29, 0.717) is 16.7 Å². The van der Waals surface area contributed by atoms with E-state index in [0.717, 1.165) is 18.1 Å². The summed E-state index contributed by atoms with van der Waals surface area (Å²) < 4.78 is 0. The standard InChI is InChI=1S/C11H22N2S/c1-6-8(2)13-10-12-7-9(14-10)11(3,4)5/h8-9H,6-7H2,1-5H3,(H,12,13). The zero-order chi connectivity index (χ0) is 10.8. The van der Waals surface area contributed by atoms with Gasteiger partial charge < -0.3 is 5.32 Å². The Labute approximate surface area is 92.0 Å². The summed E-state index contributed by atoms with van der Waals surface area (Å²) in [6.45, 7) is 12.2. The van der Waals surface area contributed by atoms with Crippen molar-refractivity contribution < 1.29 is 0 Å². The molecule has 1 aliphatic heterocycles. The number of hydrogen-bond acceptors (Lipinski definition) is 3. The number of nitrogens with one attached hydrogen (secondary N) is 1. The Morgan fingerprint density at radius 1 is 1.57 bits per heavy atom. The molecule has 0 fully saturated rings. The Balaban J connectivity index is 2.40. The van der Waals surface area contributed by atoms with E-state index < -0.39 is 0 Å². The van der Waals surface area contributed by atoms with Crippen molar-refractivity contribution in [3.05, 3.63) is 0 Å². The van der Waals surface area contributed by atoms with Crippen LogP contribution in [0, 0.1) is 5.41 Å². The summed E-state index contributed by atoms with van der Waals surface area (Å²) in [5, 5.41) is 5.22. The summed E-state index contributed by atoms with van der Waals surface area (Å²) in [5.74, 6) is 0. The van der Waals surface area contributed by atoms with E-state index in [2.05, 4.69) is 44.9 Å². The molecule has 2 nitrogen and oxygen atoms in total. The van der Waals surface area contributed by atoms with Crippen LogP contribution in [-0.2, 0) is 0 Å². The summed E-state index contributed by atoms with van der Waals surface area (Å²) in [4.78, 5) is 4.54. The van der Waals surface area contributed by atoms with Gasteiger partial charge >= 0.3 is 0 Å². The van der Waals surface area contributed by atoms with Gasteiger partial charge in [0.15, 0.2) is 5.17 Å². The molecule has 1 heterocycles. The van der Waals surface area contributed by atoms with Crippen LogP contribution in [0.5, 0.6) is 0 Å². The maximum Gasteiger partial charge on any atom is 0.157 e. The molecule has 2 atom stereocenters. The Morgan fingerprint density at radius 3 is 2.64 bits per heavy atom. The molecule has 0 spiro atoms. The van der Waals surface area contributed by atoms with Gasteiger partial charge in [-0.25, -0.2) is 0 Å². The van der Waals surface area contributed by atoms with E-state index in [1.54, 1.807) is 0 Å². The molecule has 1 aliphatic rings. The van der Waals surface area contributed by atoms with Crippen molar-refractivity contribution in [2.45, 2.75) is 52.3 Å². The quantitative estimate of drug-likeness (QED) is 0.764. The largest absolute Gasteiger partial charge is 0.362 e. The number of rotatable bonds is 2. The first-order chi connectivity index (χ1) is 6.43. The molecule has 82 valence electrons. The third kappa shape index (κ3) is 3.19. The van der Waals surface area contributed by atoms with Gasteiger partial charge in [0, 0.05) is 11.3 Å². The van der Waals surface area contributed by atoms with Crippen LogP contribution < -0.4 is 5.32 Å². The van der Waals surface area contributed by atoms with Crippen molar-refractivity contribution in [3.63, 3.8) is 0 Å². The number of thioether (sulfide) groups is 1. The van der Waals surface area contributed by atoms with Gasteiger partial charge in [0.2, 0.25) is 0 Å². The van der Waals surface area contributed by atoms with Crippen LogP contribution in [0.2, 0.25) is 0 Å². The van der Waals surface area contributed by atoms with Gasteiger partial charge in [-0.05, 0) is 18.8 Å². The molecule has 0 saturated heterocycles. The van der Waals surface area contributed by atoms with E-state index in [1.165, 1.54) is 0 Å². The molecule has 0 radical (unpaired) electrons. The van der Waals surface area contributed by atoms with Crippen LogP contribution in [0.3, 0.4) is 0 Å². The minimum atomic E-state index is 0.354. The molecule has 2 unspecified atom stereocenters. The molecule has 0 aromatic carbocycles. The highest BCUT2D eigenvalue weighted by molar-refractivity contribution is 8.14. The van der Waals surface area contributed by atoms with E-state index in [-0.39, 0.29) is 0 Å².